The third kappa shape index (κ3) is 5.23. The molecule has 39 heavy (non-hydrogen) atoms. The number of alkyl halides is 17. The van der Waals surface area contributed by atoms with Crippen LogP contribution in [0.15, 0.2) is 11.6 Å². The molecule has 0 aliphatic carbocycles. The Hall–Kier alpha value is -2.07. The Balaban J connectivity index is 7.00. The van der Waals surface area contributed by atoms with Gasteiger partial charge in [-0.2, -0.15) is 74.6 Å². The van der Waals surface area contributed by atoms with E-state index in [2.05, 4.69) is 4.84 Å². The zero-order valence-electron chi connectivity index (χ0n) is 18.9. The molecule has 0 fully saturated rings. The highest BCUT2D eigenvalue weighted by atomic mass is 32.2. The predicted octanol–water partition coefficient (Wildman–Crippen LogP) is 6.42. The Morgan fingerprint density at radius 3 is 1.31 bits per heavy atom. The minimum Gasteiger partial charge on any atom is -0.349 e. The van der Waals surface area contributed by atoms with E-state index in [1.54, 1.807) is 0 Å². The number of nitrogens with zero attached hydrogens (tertiary/aromatic N) is 1. The first-order valence-corrected chi connectivity index (χ1v) is 10.9. The van der Waals surface area contributed by atoms with E-state index < -0.39 is 79.5 Å². The highest BCUT2D eigenvalue weighted by Crippen LogP contribution is 2.64. The lowest BCUT2D eigenvalue weighted by Crippen LogP contribution is -2.75. The van der Waals surface area contributed by atoms with E-state index in [-0.39, 0.29) is 6.42 Å². The van der Waals surface area contributed by atoms with Crippen LogP contribution in [-0.2, 0) is 19.7 Å². The van der Waals surface area contributed by atoms with Crippen molar-refractivity contribution in [1.29, 1.82) is 0 Å². The first-order chi connectivity index (χ1) is 16.8. The van der Waals surface area contributed by atoms with Gasteiger partial charge in [0.1, 0.15) is 0 Å². The molecule has 0 saturated carbocycles. The van der Waals surface area contributed by atoms with E-state index >= 15 is 0 Å². The second-order valence-electron chi connectivity index (χ2n) is 7.26. The molecule has 0 aliphatic rings. The number of allylic oxidation sites excluding steroid dienone is 1. The minimum absolute atomic E-state index is 0.0401. The van der Waals surface area contributed by atoms with Crippen LogP contribution in [0.5, 0.6) is 0 Å². The number of hydrogen-bond acceptors (Lipinski definition) is 4. The number of hydrogen-bond donors (Lipinski definition) is 0. The fourth-order valence-electron chi connectivity index (χ4n) is 2.28. The zero-order chi connectivity index (χ0) is 32.1. The second kappa shape index (κ2) is 10.4. The van der Waals surface area contributed by atoms with Crippen molar-refractivity contribution in [2.45, 2.75) is 74.2 Å². The Morgan fingerprint density at radius 1 is 0.667 bits per heavy atom. The van der Waals surface area contributed by atoms with Gasteiger partial charge in [-0.15, -0.1) is 0 Å². The topological polar surface area (TPSA) is 63.7 Å². The van der Waals surface area contributed by atoms with Crippen molar-refractivity contribution in [1.82, 2.24) is 4.47 Å². The maximum atomic E-state index is 14.2. The Labute approximate surface area is 206 Å². The second-order valence-corrected chi connectivity index (χ2v) is 9.13. The highest BCUT2D eigenvalue weighted by molar-refractivity contribution is 7.90. The lowest BCUT2D eigenvalue weighted by atomic mass is 9.91. The van der Waals surface area contributed by atoms with E-state index in [1.807, 2.05) is 0 Å². The first-order valence-electron chi connectivity index (χ1n) is 9.45. The summed E-state index contributed by atoms with van der Waals surface area (Å²) in [5, 5.41) is -7.82. The van der Waals surface area contributed by atoms with Crippen LogP contribution in [0.2, 0.25) is 0 Å². The zero-order valence-corrected chi connectivity index (χ0v) is 19.7. The van der Waals surface area contributed by atoms with E-state index in [0.29, 0.717) is 6.92 Å². The molecule has 0 aromatic rings. The Bertz CT molecular complexity index is 1050. The van der Waals surface area contributed by atoms with Gasteiger partial charge >= 0.3 is 63.0 Å². The molecule has 0 heterocycles. The van der Waals surface area contributed by atoms with Crippen molar-refractivity contribution < 1.29 is 92.7 Å². The summed E-state index contributed by atoms with van der Waals surface area (Å²) in [7, 11) is -7.72. The summed E-state index contributed by atoms with van der Waals surface area (Å²) in [4.78, 5) is 15.4. The van der Waals surface area contributed by atoms with Crippen molar-refractivity contribution >= 4 is 16.0 Å². The van der Waals surface area contributed by atoms with Crippen LogP contribution in [0.1, 0.15) is 27.2 Å². The normalized spacial score (nSPS) is 16.1. The van der Waals surface area contributed by atoms with Crippen molar-refractivity contribution in [2.24, 2.45) is 0 Å². The molecule has 0 N–H and O–H groups in total. The van der Waals surface area contributed by atoms with Crippen LogP contribution in [0.3, 0.4) is 0 Å². The molecular weight excluding hydrogens is 625 g/mol. The van der Waals surface area contributed by atoms with Crippen molar-refractivity contribution in [3.63, 3.8) is 0 Å². The SMILES string of the molecule is CCC=C(C)C(=O)ON(CC)S(=O)(=O)C(F)(F)C(F)(F)C(F)(F)C(F)(F)C(F)(F)C(F)(F)C(F)(F)C(F)(F)F. The van der Waals surface area contributed by atoms with Crippen LogP contribution < -0.4 is 0 Å². The van der Waals surface area contributed by atoms with Gasteiger partial charge in [-0.05, 0) is 24.7 Å². The van der Waals surface area contributed by atoms with Gasteiger partial charge in [-0.1, -0.05) is 13.0 Å². The number of sulfonamides is 1. The van der Waals surface area contributed by atoms with Gasteiger partial charge < -0.3 is 4.84 Å². The molecule has 0 amide bonds. The first kappa shape index (κ1) is 36.9. The van der Waals surface area contributed by atoms with E-state index in [4.69, 9.17) is 0 Å². The Kier molecular flexibility index (Phi) is 9.85. The van der Waals surface area contributed by atoms with E-state index in [9.17, 15) is 87.8 Å². The molecule has 0 bridgehead atoms. The summed E-state index contributed by atoms with van der Waals surface area (Å²) in [6, 6.07) is 0. The third-order valence-corrected chi connectivity index (χ3v) is 6.33. The quantitative estimate of drug-likeness (QED) is 0.141. The molecule has 0 aromatic heterocycles. The summed E-state index contributed by atoms with van der Waals surface area (Å²) in [6.07, 6.45) is -7.07. The summed E-state index contributed by atoms with van der Waals surface area (Å²) in [5.74, 6) is -54.2. The van der Waals surface area contributed by atoms with Crippen molar-refractivity contribution in [2.75, 3.05) is 6.54 Å². The molecule has 232 valence electrons. The van der Waals surface area contributed by atoms with E-state index in [1.165, 1.54) is 6.92 Å². The molecule has 0 rings (SSSR count). The van der Waals surface area contributed by atoms with Gasteiger partial charge in [0.25, 0.3) is 0 Å². The summed E-state index contributed by atoms with van der Waals surface area (Å²) in [6.45, 7) is 0.796. The molecule has 0 aliphatic heterocycles. The standard InChI is InChI=1S/C16H14F17NO4S/c1-4-6-7(3)8(35)38-34(5-2)39(36,37)16(32,33)14(27,28)12(23,24)10(19,20)9(17,18)11(21,22)13(25,26)15(29,30)31/h6H,4-5H2,1-3H3. The number of carbonyl (C=O) groups is 1. The highest BCUT2D eigenvalue weighted by Gasteiger charge is 2.96. The van der Waals surface area contributed by atoms with Gasteiger partial charge in [-0.25, -0.2) is 13.2 Å². The van der Waals surface area contributed by atoms with Crippen molar-refractivity contribution in [3.8, 4) is 0 Å². The van der Waals surface area contributed by atoms with Gasteiger partial charge in [0.2, 0.25) is 0 Å². The largest absolute Gasteiger partial charge is 0.460 e. The maximum absolute atomic E-state index is 14.2. The number of carbonyl (C=O) groups excluding carboxylic acids is 1. The predicted molar refractivity (Wildman–Crippen MR) is 92.1 cm³/mol. The summed E-state index contributed by atoms with van der Waals surface area (Å²) in [5.41, 5.74) is -0.648. The van der Waals surface area contributed by atoms with Crippen LogP contribution in [0, 0.1) is 0 Å². The summed E-state index contributed by atoms with van der Waals surface area (Å²) >= 11 is 0. The fraction of sp³-hybridized carbons (Fsp3) is 0.812. The lowest BCUT2D eigenvalue weighted by molar-refractivity contribution is -0.458. The van der Waals surface area contributed by atoms with Crippen LogP contribution in [0.25, 0.3) is 0 Å². The van der Waals surface area contributed by atoms with E-state index in [0.717, 1.165) is 13.0 Å². The monoisotopic (exact) mass is 639 g/mol. The molecule has 0 spiro atoms. The van der Waals surface area contributed by atoms with Crippen LogP contribution in [0.4, 0.5) is 74.6 Å². The molecule has 0 saturated heterocycles. The van der Waals surface area contributed by atoms with Crippen LogP contribution in [-0.4, -0.2) is 72.4 Å². The fourth-order valence-corrected chi connectivity index (χ4v) is 3.49. The van der Waals surface area contributed by atoms with Crippen LogP contribution >= 0.6 is 0 Å². The third-order valence-electron chi connectivity index (χ3n) is 4.56. The maximum Gasteiger partial charge on any atom is 0.460 e. The Morgan fingerprint density at radius 2 is 1.00 bits per heavy atom. The minimum atomic E-state index is -8.95. The number of hydroxylamine groups is 1. The molecule has 0 aromatic carbocycles. The number of rotatable bonds is 12. The molecule has 0 unspecified atom stereocenters. The van der Waals surface area contributed by atoms with Gasteiger partial charge in [-0.3, -0.25) is 0 Å². The molecule has 23 heteroatoms. The molecule has 5 nitrogen and oxygen atoms in total. The molecule has 0 atom stereocenters. The average molecular weight is 639 g/mol. The van der Waals surface area contributed by atoms with Gasteiger partial charge in [0.05, 0.1) is 0 Å². The molecule has 0 radical (unpaired) electrons. The smallest absolute Gasteiger partial charge is 0.349 e. The van der Waals surface area contributed by atoms with Gasteiger partial charge in [0.15, 0.2) is 0 Å². The summed E-state index contributed by atoms with van der Waals surface area (Å²) < 4.78 is 249. The average Bonchev–Trinajstić information content (AvgIpc) is 2.75. The van der Waals surface area contributed by atoms with Crippen molar-refractivity contribution in [3.05, 3.63) is 11.6 Å². The molecular formula is C16H14F17NO4S. The lowest BCUT2D eigenvalue weighted by Gasteiger charge is -2.42. The number of halogens is 17. The van der Waals surface area contributed by atoms with Gasteiger partial charge in [0, 0.05) is 12.1 Å².